The molecule has 0 radical (unpaired) electrons. The second kappa shape index (κ2) is 8.58. The predicted molar refractivity (Wildman–Crippen MR) is 96.6 cm³/mol. The molecule has 1 N–H and O–H groups in total. The van der Waals surface area contributed by atoms with E-state index in [1.54, 1.807) is 0 Å². The Labute approximate surface area is 149 Å². The van der Waals surface area contributed by atoms with Gasteiger partial charge in [-0.2, -0.15) is 5.10 Å². The first-order valence-corrected chi connectivity index (χ1v) is 9.24. The number of carbonyl (C=O) groups is 1. The first kappa shape index (κ1) is 18.1. The number of hydrogen-bond acceptors (Lipinski definition) is 6. The summed E-state index contributed by atoms with van der Waals surface area (Å²) in [5.74, 6) is 1.04. The number of hydrogen-bond donors (Lipinski definition) is 1. The van der Waals surface area contributed by atoms with Gasteiger partial charge in [-0.15, -0.1) is 5.10 Å². The van der Waals surface area contributed by atoms with Crippen LogP contribution in [0.4, 0.5) is 5.82 Å². The average Bonchev–Trinajstić information content (AvgIpc) is 2.63. The Morgan fingerprint density at radius 1 is 1.32 bits per heavy atom. The number of anilines is 1. The van der Waals surface area contributed by atoms with Crippen molar-refractivity contribution in [1.82, 2.24) is 20.4 Å². The number of rotatable bonds is 5. The minimum Gasteiger partial charge on any atom is -0.381 e. The van der Waals surface area contributed by atoms with Crippen LogP contribution < -0.4 is 10.2 Å². The molecule has 138 valence electrons. The van der Waals surface area contributed by atoms with Crippen LogP contribution in [-0.2, 0) is 9.53 Å². The molecule has 7 heteroatoms. The molecule has 2 saturated heterocycles. The first-order chi connectivity index (χ1) is 12.1. The van der Waals surface area contributed by atoms with Crippen LogP contribution in [0.25, 0.3) is 0 Å². The van der Waals surface area contributed by atoms with Gasteiger partial charge < -0.3 is 15.0 Å². The van der Waals surface area contributed by atoms with Crippen molar-refractivity contribution in [2.24, 2.45) is 0 Å². The molecule has 1 aromatic rings. The second-order valence-electron chi connectivity index (χ2n) is 7.14. The van der Waals surface area contributed by atoms with E-state index in [-0.39, 0.29) is 11.9 Å². The molecule has 0 unspecified atom stereocenters. The lowest BCUT2D eigenvalue weighted by atomic mass is 10.0. The molecule has 1 amide bonds. The lowest BCUT2D eigenvalue weighted by Crippen LogP contribution is -2.50. The van der Waals surface area contributed by atoms with Gasteiger partial charge >= 0.3 is 0 Å². The Kier molecular flexibility index (Phi) is 6.20. The van der Waals surface area contributed by atoms with Crippen LogP contribution in [0.15, 0.2) is 12.1 Å². The molecule has 0 aromatic carbocycles. The Morgan fingerprint density at radius 3 is 2.84 bits per heavy atom. The summed E-state index contributed by atoms with van der Waals surface area (Å²) in [6, 6.07) is 4.65. The van der Waals surface area contributed by atoms with Gasteiger partial charge in [-0.05, 0) is 51.8 Å². The third-order valence-electron chi connectivity index (χ3n) is 5.11. The topological polar surface area (TPSA) is 70.6 Å². The number of aromatic nitrogens is 2. The summed E-state index contributed by atoms with van der Waals surface area (Å²) in [6.07, 6.45) is 4.04. The molecule has 0 saturated carbocycles. The van der Waals surface area contributed by atoms with E-state index in [4.69, 9.17) is 4.74 Å². The van der Waals surface area contributed by atoms with Crippen LogP contribution in [0.1, 0.15) is 31.4 Å². The fourth-order valence-corrected chi connectivity index (χ4v) is 3.55. The largest absolute Gasteiger partial charge is 0.381 e. The van der Waals surface area contributed by atoms with Crippen LogP contribution in [0.3, 0.4) is 0 Å². The standard InChI is InChI=1S/C18H29N5O2/c1-14-5-6-17(21-20-14)23-9-3-4-16(12-23)22(2)13-18(24)19-15-7-10-25-11-8-15/h5-6,15-16H,3-4,7-13H2,1-2H3,(H,19,24)/t16-/m0/s1. The number of ether oxygens (including phenoxy) is 1. The highest BCUT2D eigenvalue weighted by molar-refractivity contribution is 5.78. The lowest BCUT2D eigenvalue weighted by Gasteiger charge is -2.38. The minimum atomic E-state index is 0.113. The summed E-state index contributed by atoms with van der Waals surface area (Å²) < 4.78 is 5.34. The van der Waals surface area contributed by atoms with Gasteiger partial charge in [0.25, 0.3) is 0 Å². The summed E-state index contributed by atoms with van der Waals surface area (Å²) in [5.41, 5.74) is 0.930. The number of likely N-dealkylation sites (N-methyl/N-ethyl adjacent to an activating group) is 1. The monoisotopic (exact) mass is 347 g/mol. The van der Waals surface area contributed by atoms with Gasteiger partial charge in [0.1, 0.15) is 0 Å². The zero-order chi connectivity index (χ0) is 17.6. The molecule has 25 heavy (non-hydrogen) atoms. The molecule has 3 rings (SSSR count). The number of amides is 1. The van der Waals surface area contributed by atoms with Crippen molar-refractivity contribution in [2.45, 2.75) is 44.7 Å². The van der Waals surface area contributed by atoms with Gasteiger partial charge in [0.2, 0.25) is 5.91 Å². The normalized spacial score (nSPS) is 22.2. The van der Waals surface area contributed by atoms with Gasteiger partial charge in [-0.3, -0.25) is 9.69 Å². The Balaban J connectivity index is 1.50. The summed E-state index contributed by atoms with van der Waals surface area (Å²) in [7, 11) is 2.04. The van der Waals surface area contributed by atoms with Crippen molar-refractivity contribution < 1.29 is 9.53 Å². The smallest absolute Gasteiger partial charge is 0.234 e. The zero-order valence-electron chi connectivity index (χ0n) is 15.3. The van der Waals surface area contributed by atoms with Crippen molar-refractivity contribution in [3.05, 3.63) is 17.8 Å². The summed E-state index contributed by atoms with van der Waals surface area (Å²) >= 11 is 0. The minimum absolute atomic E-state index is 0.113. The molecule has 7 nitrogen and oxygen atoms in total. The van der Waals surface area contributed by atoms with Crippen molar-refractivity contribution in [3.63, 3.8) is 0 Å². The summed E-state index contributed by atoms with van der Waals surface area (Å²) in [4.78, 5) is 16.8. The fourth-order valence-electron chi connectivity index (χ4n) is 3.55. The van der Waals surface area contributed by atoms with Gasteiger partial charge in [0.15, 0.2) is 5.82 Å². The van der Waals surface area contributed by atoms with E-state index < -0.39 is 0 Å². The zero-order valence-corrected chi connectivity index (χ0v) is 15.3. The molecule has 2 aliphatic rings. The molecule has 3 heterocycles. The van der Waals surface area contributed by atoms with Crippen LogP contribution >= 0.6 is 0 Å². The molecule has 0 aliphatic carbocycles. The van der Waals surface area contributed by atoms with Crippen molar-refractivity contribution in [2.75, 3.05) is 44.8 Å². The van der Waals surface area contributed by atoms with E-state index in [0.717, 1.165) is 63.5 Å². The van der Waals surface area contributed by atoms with Gasteiger partial charge in [-0.1, -0.05) is 0 Å². The third kappa shape index (κ3) is 5.12. The maximum atomic E-state index is 12.3. The number of nitrogens with zero attached hydrogens (tertiary/aromatic N) is 4. The number of carbonyl (C=O) groups excluding carboxylic acids is 1. The van der Waals surface area contributed by atoms with Crippen LogP contribution in [0.2, 0.25) is 0 Å². The van der Waals surface area contributed by atoms with Gasteiger partial charge in [0, 0.05) is 38.4 Å². The number of nitrogens with one attached hydrogen (secondary N) is 1. The van der Waals surface area contributed by atoms with Crippen LogP contribution in [-0.4, -0.2) is 73.0 Å². The van der Waals surface area contributed by atoms with E-state index in [2.05, 4.69) is 25.3 Å². The summed E-state index contributed by atoms with van der Waals surface area (Å²) in [5, 5.41) is 11.6. The first-order valence-electron chi connectivity index (χ1n) is 9.24. The second-order valence-corrected chi connectivity index (χ2v) is 7.14. The van der Waals surface area contributed by atoms with E-state index >= 15 is 0 Å². The Bertz CT molecular complexity index is 559. The molecule has 2 fully saturated rings. The molecule has 1 aromatic heterocycles. The maximum absolute atomic E-state index is 12.3. The van der Waals surface area contributed by atoms with E-state index in [1.807, 2.05) is 26.1 Å². The Morgan fingerprint density at radius 2 is 2.12 bits per heavy atom. The van der Waals surface area contributed by atoms with Crippen molar-refractivity contribution in [1.29, 1.82) is 0 Å². The van der Waals surface area contributed by atoms with Crippen molar-refractivity contribution >= 4 is 11.7 Å². The Hall–Kier alpha value is -1.73. The predicted octanol–water partition coefficient (Wildman–Crippen LogP) is 0.981. The molecular weight excluding hydrogens is 318 g/mol. The lowest BCUT2D eigenvalue weighted by molar-refractivity contribution is -0.123. The molecular formula is C18H29N5O2. The number of aryl methyl sites for hydroxylation is 1. The highest BCUT2D eigenvalue weighted by atomic mass is 16.5. The molecule has 0 spiro atoms. The van der Waals surface area contributed by atoms with E-state index in [1.165, 1.54) is 0 Å². The van der Waals surface area contributed by atoms with Crippen LogP contribution in [0.5, 0.6) is 0 Å². The maximum Gasteiger partial charge on any atom is 0.234 e. The third-order valence-corrected chi connectivity index (χ3v) is 5.11. The van der Waals surface area contributed by atoms with Gasteiger partial charge in [0.05, 0.1) is 12.2 Å². The van der Waals surface area contributed by atoms with Crippen molar-refractivity contribution in [3.8, 4) is 0 Å². The quantitative estimate of drug-likeness (QED) is 0.856. The van der Waals surface area contributed by atoms with E-state index in [9.17, 15) is 4.79 Å². The highest BCUT2D eigenvalue weighted by Gasteiger charge is 2.26. The molecule has 2 aliphatic heterocycles. The fraction of sp³-hybridized carbons (Fsp3) is 0.722. The number of piperidine rings is 1. The van der Waals surface area contributed by atoms with E-state index in [0.29, 0.717) is 12.6 Å². The SMILES string of the molecule is Cc1ccc(N2CCC[C@H](N(C)CC(=O)NC3CCOCC3)C2)nn1. The highest BCUT2D eigenvalue weighted by Crippen LogP contribution is 2.20. The van der Waals surface area contributed by atoms with Gasteiger partial charge in [-0.25, -0.2) is 0 Å². The average molecular weight is 347 g/mol. The van der Waals surface area contributed by atoms with Crippen LogP contribution in [0, 0.1) is 6.92 Å². The molecule has 1 atom stereocenters. The summed E-state index contributed by atoms with van der Waals surface area (Å²) in [6.45, 7) is 5.76. The molecule has 0 bridgehead atoms.